The number of carbonyl (C=O) groups excluding carboxylic acids is 1. The molecule has 0 aliphatic heterocycles. The Bertz CT molecular complexity index is 481. The van der Waals surface area contributed by atoms with E-state index < -0.39 is 5.97 Å². The molecule has 2 rings (SSSR count). The van der Waals surface area contributed by atoms with Gasteiger partial charge in [0.05, 0.1) is 5.56 Å². The summed E-state index contributed by atoms with van der Waals surface area (Å²) in [5.41, 5.74) is 1.18. The predicted octanol–water partition coefficient (Wildman–Crippen LogP) is 2.83. The molecule has 0 radical (unpaired) electrons. The summed E-state index contributed by atoms with van der Waals surface area (Å²) in [5, 5.41) is 11.7. The zero-order chi connectivity index (χ0) is 14.5. The second-order valence-corrected chi connectivity index (χ2v) is 5.77. The highest BCUT2D eigenvalue weighted by Crippen LogP contribution is 2.32. The molecule has 1 amide bonds. The largest absolute Gasteiger partial charge is 0.478 e. The van der Waals surface area contributed by atoms with Crippen molar-refractivity contribution in [1.82, 2.24) is 5.32 Å². The Balaban J connectivity index is 1.76. The molecule has 0 spiro atoms. The van der Waals surface area contributed by atoms with Crippen LogP contribution in [0.3, 0.4) is 0 Å². The fourth-order valence-corrected chi connectivity index (χ4v) is 2.81. The van der Waals surface area contributed by atoms with E-state index in [1.54, 1.807) is 24.3 Å². The maximum Gasteiger partial charge on any atom is 0.335 e. The second-order valence-electron chi connectivity index (χ2n) is 5.77. The van der Waals surface area contributed by atoms with Crippen LogP contribution in [-0.2, 0) is 11.3 Å². The lowest BCUT2D eigenvalue weighted by atomic mass is 10.0. The number of benzene rings is 1. The van der Waals surface area contributed by atoms with Crippen LogP contribution in [0.2, 0.25) is 0 Å². The third-order valence-electron chi connectivity index (χ3n) is 3.97. The van der Waals surface area contributed by atoms with E-state index in [1.807, 2.05) is 0 Å². The van der Waals surface area contributed by atoms with Gasteiger partial charge < -0.3 is 10.4 Å². The van der Waals surface area contributed by atoms with E-state index in [9.17, 15) is 9.59 Å². The molecule has 0 aromatic heterocycles. The summed E-state index contributed by atoms with van der Waals surface area (Å²) in [6.07, 6.45) is 4.15. The van der Waals surface area contributed by atoms with Crippen molar-refractivity contribution in [1.29, 1.82) is 0 Å². The van der Waals surface area contributed by atoms with Crippen molar-refractivity contribution in [3.63, 3.8) is 0 Å². The number of hydrogen-bond donors (Lipinski definition) is 2. The Hall–Kier alpha value is -1.84. The Morgan fingerprint density at radius 1 is 1.25 bits per heavy atom. The Labute approximate surface area is 119 Å². The summed E-state index contributed by atoms with van der Waals surface area (Å²) in [6, 6.07) is 6.59. The van der Waals surface area contributed by atoms with Gasteiger partial charge in [-0.15, -0.1) is 0 Å². The van der Waals surface area contributed by atoms with Gasteiger partial charge in [0.1, 0.15) is 0 Å². The van der Waals surface area contributed by atoms with Crippen molar-refractivity contribution in [2.24, 2.45) is 11.8 Å². The van der Waals surface area contributed by atoms with Gasteiger partial charge in [0.25, 0.3) is 0 Å². The fraction of sp³-hybridized carbons (Fsp3) is 0.500. The van der Waals surface area contributed by atoms with Gasteiger partial charge >= 0.3 is 5.97 Å². The molecular weight excluding hydrogens is 254 g/mol. The molecule has 0 saturated heterocycles. The highest BCUT2D eigenvalue weighted by molar-refractivity contribution is 5.87. The maximum absolute atomic E-state index is 11.8. The van der Waals surface area contributed by atoms with Gasteiger partial charge in [0.2, 0.25) is 5.91 Å². The summed E-state index contributed by atoms with van der Waals surface area (Å²) >= 11 is 0. The summed E-state index contributed by atoms with van der Waals surface area (Å²) in [4.78, 5) is 22.6. The lowest BCUT2D eigenvalue weighted by molar-refractivity contribution is -0.122. The summed E-state index contributed by atoms with van der Waals surface area (Å²) in [5.74, 6) is 0.429. The molecule has 1 fully saturated rings. The lowest BCUT2D eigenvalue weighted by Crippen LogP contribution is -2.24. The normalized spacial score (nSPS) is 21.6. The predicted molar refractivity (Wildman–Crippen MR) is 76.4 cm³/mol. The minimum atomic E-state index is -0.934. The van der Waals surface area contributed by atoms with E-state index in [1.165, 1.54) is 6.42 Å². The molecule has 1 aromatic carbocycles. The van der Waals surface area contributed by atoms with Crippen molar-refractivity contribution in [3.05, 3.63) is 35.4 Å². The van der Waals surface area contributed by atoms with Crippen LogP contribution in [0.4, 0.5) is 0 Å². The first-order valence-electron chi connectivity index (χ1n) is 7.13. The van der Waals surface area contributed by atoms with Crippen LogP contribution in [0, 0.1) is 11.8 Å². The number of hydrogen-bond acceptors (Lipinski definition) is 2. The van der Waals surface area contributed by atoms with Gasteiger partial charge in [-0.05, 0) is 42.4 Å². The standard InChI is InChI=1S/C16H21NO3/c1-11-2-3-13(8-11)9-15(18)17-10-12-4-6-14(7-5-12)16(19)20/h4-7,11,13H,2-3,8-10H2,1H3,(H,17,18)(H,19,20). The number of rotatable bonds is 5. The molecule has 0 heterocycles. The van der Waals surface area contributed by atoms with Crippen LogP contribution in [0.15, 0.2) is 24.3 Å². The molecule has 2 atom stereocenters. The first-order valence-corrected chi connectivity index (χ1v) is 7.13. The van der Waals surface area contributed by atoms with Crippen LogP contribution < -0.4 is 5.32 Å². The molecule has 1 aliphatic carbocycles. The third kappa shape index (κ3) is 4.08. The zero-order valence-electron chi connectivity index (χ0n) is 11.8. The van der Waals surface area contributed by atoms with E-state index in [-0.39, 0.29) is 11.5 Å². The zero-order valence-corrected chi connectivity index (χ0v) is 11.8. The van der Waals surface area contributed by atoms with Crippen LogP contribution >= 0.6 is 0 Å². The number of amides is 1. The second kappa shape index (κ2) is 6.55. The highest BCUT2D eigenvalue weighted by Gasteiger charge is 2.23. The maximum atomic E-state index is 11.8. The molecule has 2 unspecified atom stereocenters. The minimum absolute atomic E-state index is 0.0893. The fourth-order valence-electron chi connectivity index (χ4n) is 2.81. The van der Waals surface area contributed by atoms with Crippen molar-refractivity contribution < 1.29 is 14.7 Å². The molecule has 20 heavy (non-hydrogen) atoms. The van der Waals surface area contributed by atoms with E-state index in [0.29, 0.717) is 18.9 Å². The van der Waals surface area contributed by atoms with Crippen LogP contribution in [0.25, 0.3) is 0 Å². The van der Waals surface area contributed by atoms with Crippen molar-refractivity contribution >= 4 is 11.9 Å². The minimum Gasteiger partial charge on any atom is -0.478 e. The number of carboxylic acid groups (broad SMARTS) is 1. The molecule has 108 valence electrons. The Kier molecular flexibility index (Phi) is 4.77. The van der Waals surface area contributed by atoms with Crippen LogP contribution in [0.1, 0.15) is 48.5 Å². The molecule has 4 heteroatoms. The summed E-state index contributed by atoms with van der Waals surface area (Å²) in [7, 11) is 0. The van der Waals surface area contributed by atoms with Gasteiger partial charge in [-0.2, -0.15) is 0 Å². The summed E-state index contributed by atoms with van der Waals surface area (Å²) in [6.45, 7) is 2.70. The van der Waals surface area contributed by atoms with E-state index in [0.717, 1.165) is 24.3 Å². The van der Waals surface area contributed by atoms with E-state index in [2.05, 4.69) is 12.2 Å². The third-order valence-corrected chi connectivity index (χ3v) is 3.97. The average Bonchev–Trinajstić information content (AvgIpc) is 2.82. The monoisotopic (exact) mass is 275 g/mol. The number of nitrogens with one attached hydrogen (secondary N) is 1. The van der Waals surface area contributed by atoms with Gasteiger partial charge in [0, 0.05) is 13.0 Å². The van der Waals surface area contributed by atoms with Gasteiger partial charge in [-0.3, -0.25) is 4.79 Å². The van der Waals surface area contributed by atoms with E-state index in [4.69, 9.17) is 5.11 Å². The molecule has 2 N–H and O–H groups in total. The topological polar surface area (TPSA) is 66.4 Å². The first-order chi connectivity index (χ1) is 9.54. The average molecular weight is 275 g/mol. The SMILES string of the molecule is CC1CCC(CC(=O)NCc2ccc(C(=O)O)cc2)C1. The van der Waals surface area contributed by atoms with Crippen LogP contribution in [0.5, 0.6) is 0 Å². The van der Waals surface area contributed by atoms with Gasteiger partial charge in [0.15, 0.2) is 0 Å². The van der Waals surface area contributed by atoms with Gasteiger partial charge in [-0.1, -0.05) is 25.5 Å². The quantitative estimate of drug-likeness (QED) is 0.868. The molecular formula is C16H21NO3. The molecule has 0 bridgehead atoms. The lowest BCUT2D eigenvalue weighted by Gasteiger charge is -2.10. The van der Waals surface area contributed by atoms with Crippen molar-refractivity contribution in [2.45, 2.75) is 39.2 Å². The smallest absolute Gasteiger partial charge is 0.335 e. The van der Waals surface area contributed by atoms with Gasteiger partial charge in [-0.25, -0.2) is 4.79 Å². The number of carbonyl (C=O) groups is 2. The van der Waals surface area contributed by atoms with Crippen molar-refractivity contribution in [3.8, 4) is 0 Å². The summed E-state index contributed by atoms with van der Waals surface area (Å²) < 4.78 is 0. The molecule has 1 saturated carbocycles. The first kappa shape index (κ1) is 14.6. The molecule has 1 aliphatic rings. The molecule has 4 nitrogen and oxygen atoms in total. The Morgan fingerprint density at radius 2 is 1.95 bits per heavy atom. The molecule has 1 aromatic rings. The van der Waals surface area contributed by atoms with E-state index >= 15 is 0 Å². The number of carboxylic acids is 1. The Morgan fingerprint density at radius 3 is 2.50 bits per heavy atom. The number of aromatic carboxylic acids is 1. The van der Waals surface area contributed by atoms with Crippen molar-refractivity contribution in [2.75, 3.05) is 0 Å². The highest BCUT2D eigenvalue weighted by atomic mass is 16.4. The van der Waals surface area contributed by atoms with Crippen LogP contribution in [-0.4, -0.2) is 17.0 Å².